The summed E-state index contributed by atoms with van der Waals surface area (Å²) in [5.74, 6) is 0. The Labute approximate surface area is 79.9 Å². The lowest BCUT2D eigenvalue weighted by Crippen LogP contribution is -2.24. The summed E-state index contributed by atoms with van der Waals surface area (Å²) in [7, 11) is 2.02. The van der Waals surface area contributed by atoms with Gasteiger partial charge in [0.05, 0.1) is 13.7 Å². The van der Waals surface area contributed by atoms with Crippen molar-refractivity contribution >= 4 is 0 Å². The molecule has 13 heavy (non-hydrogen) atoms. The normalized spacial score (nSPS) is 10.6. The van der Waals surface area contributed by atoms with E-state index in [0.717, 1.165) is 19.8 Å². The first-order chi connectivity index (χ1) is 6.33. The van der Waals surface area contributed by atoms with Gasteiger partial charge < -0.3 is 4.74 Å². The predicted octanol–water partition coefficient (Wildman–Crippen LogP) is 1.13. The molecule has 1 aromatic rings. The van der Waals surface area contributed by atoms with Gasteiger partial charge in [-0.05, 0) is 6.42 Å². The van der Waals surface area contributed by atoms with E-state index in [2.05, 4.69) is 24.0 Å². The molecule has 0 fully saturated rings. The summed E-state index contributed by atoms with van der Waals surface area (Å²) in [5, 5.41) is 0. The van der Waals surface area contributed by atoms with Crippen molar-refractivity contribution in [3.05, 3.63) is 18.7 Å². The number of aromatic nitrogens is 2. The van der Waals surface area contributed by atoms with Crippen LogP contribution in [0.3, 0.4) is 0 Å². The second-order valence-electron chi connectivity index (χ2n) is 3.28. The Bertz CT molecular complexity index is 233. The average Bonchev–Trinajstić information content (AvgIpc) is 2.51. The molecule has 0 amide bonds. The summed E-state index contributed by atoms with van der Waals surface area (Å²) in [6.45, 7) is 4.83. The van der Waals surface area contributed by atoms with Gasteiger partial charge in [-0.3, -0.25) is 0 Å². The first-order valence-corrected chi connectivity index (χ1v) is 4.91. The number of hydrogen-bond donors (Lipinski definition) is 0. The van der Waals surface area contributed by atoms with Gasteiger partial charge in [-0.25, -0.2) is 9.13 Å². The third kappa shape index (κ3) is 4.08. The van der Waals surface area contributed by atoms with Crippen LogP contribution >= 0.6 is 0 Å². The molecule has 1 rings (SSSR count). The van der Waals surface area contributed by atoms with Gasteiger partial charge >= 0.3 is 0 Å². The zero-order chi connectivity index (χ0) is 9.52. The van der Waals surface area contributed by atoms with Gasteiger partial charge in [-0.15, -0.1) is 0 Å². The molecule has 0 aromatic carbocycles. The summed E-state index contributed by atoms with van der Waals surface area (Å²) < 4.78 is 9.62. The average molecular weight is 183 g/mol. The predicted molar refractivity (Wildman–Crippen MR) is 51.3 cm³/mol. The molecule has 0 saturated carbocycles. The van der Waals surface area contributed by atoms with Crippen molar-refractivity contribution in [3.63, 3.8) is 0 Å². The van der Waals surface area contributed by atoms with Gasteiger partial charge in [0.1, 0.15) is 18.9 Å². The van der Waals surface area contributed by atoms with Crippen LogP contribution in [0, 0.1) is 0 Å². The molecule has 1 aromatic heterocycles. The van der Waals surface area contributed by atoms with Crippen LogP contribution in [0.2, 0.25) is 0 Å². The zero-order valence-electron chi connectivity index (χ0n) is 8.57. The highest BCUT2D eigenvalue weighted by molar-refractivity contribution is 4.65. The van der Waals surface area contributed by atoms with Crippen molar-refractivity contribution in [1.29, 1.82) is 0 Å². The Kier molecular flexibility index (Phi) is 4.54. The molecule has 0 saturated heterocycles. The second kappa shape index (κ2) is 5.75. The Morgan fingerprint density at radius 1 is 1.38 bits per heavy atom. The minimum atomic E-state index is 0.814. The fraction of sp³-hybridized carbons (Fsp3) is 0.700. The Morgan fingerprint density at radius 2 is 2.23 bits per heavy atom. The van der Waals surface area contributed by atoms with Crippen LogP contribution in [0.5, 0.6) is 0 Å². The van der Waals surface area contributed by atoms with Crippen molar-refractivity contribution in [1.82, 2.24) is 4.57 Å². The van der Waals surface area contributed by atoms with Crippen LogP contribution in [0.4, 0.5) is 0 Å². The number of hydrogen-bond acceptors (Lipinski definition) is 1. The smallest absolute Gasteiger partial charge is 0.243 e. The summed E-state index contributed by atoms with van der Waals surface area (Å²) in [5.41, 5.74) is 0. The number of ether oxygens (including phenoxy) is 1. The molecule has 0 aliphatic rings. The van der Waals surface area contributed by atoms with E-state index in [-0.39, 0.29) is 0 Å². The van der Waals surface area contributed by atoms with E-state index in [4.69, 9.17) is 4.74 Å². The number of unbranched alkanes of at least 4 members (excludes halogenated alkanes) is 1. The third-order valence-electron chi connectivity index (χ3n) is 1.96. The lowest BCUT2D eigenvalue weighted by molar-refractivity contribution is -0.671. The molecule has 0 bridgehead atoms. The fourth-order valence-corrected chi connectivity index (χ4v) is 1.15. The van der Waals surface area contributed by atoms with Gasteiger partial charge in [0.2, 0.25) is 6.33 Å². The van der Waals surface area contributed by atoms with Crippen molar-refractivity contribution in [2.45, 2.75) is 26.3 Å². The molecular formula is C10H19N2O+. The first-order valence-electron chi connectivity index (χ1n) is 4.91. The minimum absolute atomic E-state index is 0.814. The molecule has 0 atom stereocenters. The van der Waals surface area contributed by atoms with Crippen molar-refractivity contribution in [3.8, 4) is 0 Å². The first kappa shape index (κ1) is 10.3. The van der Waals surface area contributed by atoms with Crippen LogP contribution < -0.4 is 4.57 Å². The Morgan fingerprint density at radius 3 is 2.85 bits per heavy atom. The van der Waals surface area contributed by atoms with Crippen LogP contribution in [-0.4, -0.2) is 17.8 Å². The minimum Gasteiger partial charge on any atom is -0.377 e. The van der Waals surface area contributed by atoms with E-state index in [0.29, 0.717) is 0 Å². The van der Waals surface area contributed by atoms with Crippen molar-refractivity contribution < 1.29 is 9.30 Å². The number of imidazole rings is 1. The summed E-state index contributed by atoms with van der Waals surface area (Å²) in [6, 6.07) is 0. The van der Waals surface area contributed by atoms with E-state index in [1.807, 2.05) is 17.8 Å². The molecule has 0 aliphatic heterocycles. The van der Waals surface area contributed by atoms with Crippen LogP contribution in [0.15, 0.2) is 18.7 Å². The van der Waals surface area contributed by atoms with Crippen LogP contribution in [0.25, 0.3) is 0 Å². The molecule has 74 valence electrons. The Balaban J connectivity index is 2.06. The fourth-order valence-electron chi connectivity index (χ4n) is 1.15. The molecule has 0 N–H and O–H groups in total. The van der Waals surface area contributed by atoms with E-state index in [1.165, 1.54) is 12.8 Å². The molecular weight excluding hydrogens is 164 g/mol. The van der Waals surface area contributed by atoms with Crippen molar-refractivity contribution in [2.75, 3.05) is 13.2 Å². The maximum Gasteiger partial charge on any atom is 0.243 e. The van der Waals surface area contributed by atoms with E-state index >= 15 is 0 Å². The van der Waals surface area contributed by atoms with E-state index in [9.17, 15) is 0 Å². The van der Waals surface area contributed by atoms with Gasteiger partial charge in [-0.2, -0.15) is 0 Å². The topological polar surface area (TPSA) is 18.0 Å². The van der Waals surface area contributed by atoms with Crippen LogP contribution in [-0.2, 0) is 18.3 Å². The van der Waals surface area contributed by atoms with Crippen LogP contribution in [0.1, 0.15) is 19.8 Å². The number of nitrogens with zero attached hydrogens (tertiary/aromatic N) is 2. The maximum absolute atomic E-state index is 5.46. The monoisotopic (exact) mass is 183 g/mol. The van der Waals surface area contributed by atoms with Gasteiger partial charge in [0, 0.05) is 6.61 Å². The molecule has 3 nitrogen and oxygen atoms in total. The van der Waals surface area contributed by atoms with Gasteiger partial charge in [0.15, 0.2) is 0 Å². The molecule has 0 unspecified atom stereocenters. The molecule has 0 radical (unpaired) electrons. The molecule has 0 aliphatic carbocycles. The van der Waals surface area contributed by atoms with E-state index in [1.54, 1.807) is 0 Å². The van der Waals surface area contributed by atoms with E-state index < -0.39 is 0 Å². The lowest BCUT2D eigenvalue weighted by Gasteiger charge is -2.00. The largest absolute Gasteiger partial charge is 0.377 e. The molecule has 0 spiro atoms. The SMILES string of the molecule is CCCCOCCn1cc[n+](C)c1. The quantitative estimate of drug-likeness (QED) is 0.477. The third-order valence-corrected chi connectivity index (χ3v) is 1.96. The standard InChI is InChI=1S/C10H19N2O/c1-3-4-8-13-9-7-12-6-5-11(2)10-12/h5-6,10H,3-4,7-9H2,1-2H3/q+1. The highest BCUT2D eigenvalue weighted by atomic mass is 16.5. The van der Waals surface area contributed by atoms with Gasteiger partial charge in [-0.1, -0.05) is 13.3 Å². The summed E-state index contributed by atoms with van der Waals surface area (Å²) in [4.78, 5) is 0. The highest BCUT2D eigenvalue weighted by Gasteiger charge is 1.98. The maximum atomic E-state index is 5.46. The highest BCUT2D eigenvalue weighted by Crippen LogP contribution is 1.89. The molecule has 1 heterocycles. The zero-order valence-corrected chi connectivity index (χ0v) is 8.57. The van der Waals surface area contributed by atoms with Crippen molar-refractivity contribution in [2.24, 2.45) is 7.05 Å². The molecule has 3 heteroatoms. The number of aryl methyl sites for hydroxylation is 1. The lowest BCUT2D eigenvalue weighted by atomic mass is 10.4. The summed E-state index contributed by atoms with van der Waals surface area (Å²) in [6.07, 6.45) is 8.52. The number of rotatable bonds is 6. The second-order valence-corrected chi connectivity index (χ2v) is 3.28. The Hall–Kier alpha value is -0.830. The summed E-state index contributed by atoms with van der Waals surface area (Å²) >= 11 is 0. The van der Waals surface area contributed by atoms with Gasteiger partial charge in [0.25, 0.3) is 0 Å².